The van der Waals surface area contributed by atoms with Crippen LogP contribution in [0, 0.1) is 19.9 Å². The molecule has 0 aliphatic rings. The third-order valence-electron chi connectivity index (χ3n) is 2.69. The van der Waals surface area contributed by atoms with E-state index in [9.17, 15) is 0 Å². The highest BCUT2D eigenvalue weighted by molar-refractivity contribution is 5.37. The van der Waals surface area contributed by atoms with Crippen molar-refractivity contribution < 1.29 is 0 Å². The van der Waals surface area contributed by atoms with Gasteiger partial charge < -0.3 is 0 Å². The zero-order chi connectivity index (χ0) is 10.6. The zero-order valence-corrected chi connectivity index (χ0v) is 9.91. The predicted molar refractivity (Wildman–Crippen MR) is 62.7 cm³/mol. The zero-order valence-electron chi connectivity index (χ0n) is 9.91. The molecule has 0 unspecified atom stereocenters. The Morgan fingerprint density at radius 1 is 1.07 bits per heavy atom. The molecule has 0 atom stereocenters. The Morgan fingerprint density at radius 2 is 1.71 bits per heavy atom. The molecular weight excluding hydrogens is 168 g/mol. The van der Waals surface area contributed by atoms with Crippen LogP contribution in [-0.4, -0.2) is 0 Å². The molecule has 0 bridgehead atoms. The molecule has 1 aromatic rings. The van der Waals surface area contributed by atoms with Crippen molar-refractivity contribution in [3.63, 3.8) is 0 Å². The minimum absolute atomic E-state index is 1.16. The minimum atomic E-state index is 1.16. The fourth-order valence-corrected chi connectivity index (χ4v) is 2.04. The second-order valence-electron chi connectivity index (χ2n) is 4.08. The number of rotatable bonds is 4. The van der Waals surface area contributed by atoms with Crippen molar-refractivity contribution in [1.29, 1.82) is 0 Å². The number of benzene rings is 1. The van der Waals surface area contributed by atoms with Gasteiger partial charge in [-0.2, -0.15) is 0 Å². The van der Waals surface area contributed by atoms with Gasteiger partial charge in [0.15, 0.2) is 0 Å². The molecule has 0 aliphatic heterocycles. The minimum Gasteiger partial charge on any atom is -0.0651 e. The maximum absolute atomic E-state index is 3.50. The molecular formula is C14H21. The van der Waals surface area contributed by atoms with Gasteiger partial charge in [0, 0.05) is 0 Å². The quantitative estimate of drug-likeness (QED) is 0.671. The third-order valence-corrected chi connectivity index (χ3v) is 2.69. The van der Waals surface area contributed by atoms with Gasteiger partial charge in [-0.05, 0) is 55.0 Å². The van der Waals surface area contributed by atoms with Gasteiger partial charge in [0.1, 0.15) is 0 Å². The Hall–Kier alpha value is -0.780. The lowest BCUT2D eigenvalue weighted by Gasteiger charge is -2.10. The molecule has 0 saturated carbocycles. The normalized spacial score (nSPS) is 10.6. The first kappa shape index (κ1) is 11.3. The van der Waals surface area contributed by atoms with E-state index in [-0.39, 0.29) is 0 Å². The van der Waals surface area contributed by atoms with Gasteiger partial charge in [-0.1, -0.05) is 32.8 Å². The molecule has 0 nitrogen and oxygen atoms in total. The second-order valence-corrected chi connectivity index (χ2v) is 4.08. The average molecular weight is 189 g/mol. The molecule has 0 saturated heterocycles. The van der Waals surface area contributed by atoms with Crippen molar-refractivity contribution in [2.45, 2.75) is 53.4 Å². The SMILES string of the molecule is CCCc1[c]c(C)c(CCC)c(C)c1. The summed E-state index contributed by atoms with van der Waals surface area (Å²) in [5, 5.41) is 0. The Balaban J connectivity index is 2.98. The largest absolute Gasteiger partial charge is 0.0651 e. The van der Waals surface area contributed by atoms with Crippen molar-refractivity contribution >= 4 is 0 Å². The summed E-state index contributed by atoms with van der Waals surface area (Å²) in [4.78, 5) is 0. The summed E-state index contributed by atoms with van der Waals surface area (Å²) in [5.74, 6) is 0. The molecule has 0 N–H and O–H groups in total. The van der Waals surface area contributed by atoms with Crippen molar-refractivity contribution in [2.75, 3.05) is 0 Å². The topological polar surface area (TPSA) is 0 Å². The van der Waals surface area contributed by atoms with Crippen LogP contribution in [0.25, 0.3) is 0 Å². The Morgan fingerprint density at radius 3 is 2.21 bits per heavy atom. The van der Waals surface area contributed by atoms with Gasteiger partial charge >= 0.3 is 0 Å². The number of aryl methyl sites for hydroxylation is 3. The molecule has 0 fully saturated rings. The molecule has 0 heteroatoms. The van der Waals surface area contributed by atoms with E-state index in [1.54, 1.807) is 0 Å². The highest BCUT2D eigenvalue weighted by Gasteiger charge is 2.04. The van der Waals surface area contributed by atoms with E-state index in [1.165, 1.54) is 41.5 Å². The van der Waals surface area contributed by atoms with E-state index in [0.29, 0.717) is 0 Å². The lowest BCUT2D eigenvalue weighted by Crippen LogP contribution is -1.96. The van der Waals surface area contributed by atoms with Crippen LogP contribution < -0.4 is 0 Å². The van der Waals surface area contributed by atoms with Crippen molar-refractivity contribution in [1.82, 2.24) is 0 Å². The molecule has 14 heavy (non-hydrogen) atoms. The summed E-state index contributed by atoms with van der Waals surface area (Å²) in [5.41, 5.74) is 5.69. The highest BCUT2D eigenvalue weighted by atomic mass is 14.1. The molecule has 0 heterocycles. The average Bonchev–Trinajstić information content (AvgIpc) is 2.12. The van der Waals surface area contributed by atoms with Crippen LogP contribution in [0.3, 0.4) is 0 Å². The summed E-state index contributed by atoms with van der Waals surface area (Å²) in [6.07, 6.45) is 4.79. The second kappa shape index (κ2) is 5.19. The van der Waals surface area contributed by atoms with Crippen LogP contribution in [0.2, 0.25) is 0 Å². The van der Waals surface area contributed by atoms with Crippen LogP contribution >= 0.6 is 0 Å². The maximum Gasteiger partial charge on any atom is -0.0114 e. The van der Waals surface area contributed by atoms with E-state index in [4.69, 9.17) is 0 Å². The monoisotopic (exact) mass is 189 g/mol. The Labute approximate surface area is 88.4 Å². The molecule has 0 aromatic heterocycles. The fourth-order valence-electron chi connectivity index (χ4n) is 2.04. The summed E-state index contributed by atoms with van der Waals surface area (Å²) in [6.45, 7) is 8.87. The van der Waals surface area contributed by atoms with Gasteiger partial charge in [-0.3, -0.25) is 0 Å². The first-order chi connectivity index (χ1) is 6.69. The Kier molecular flexibility index (Phi) is 4.19. The Bertz CT molecular complexity index is 274. The van der Waals surface area contributed by atoms with Crippen LogP contribution in [-0.2, 0) is 12.8 Å². The highest BCUT2D eigenvalue weighted by Crippen LogP contribution is 2.18. The van der Waals surface area contributed by atoms with Gasteiger partial charge in [-0.15, -0.1) is 0 Å². The third kappa shape index (κ3) is 2.60. The summed E-state index contributed by atoms with van der Waals surface area (Å²) in [7, 11) is 0. The molecule has 0 amide bonds. The number of hydrogen-bond donors (Lipinski definition) is 0. The van der Waals surface area contributed by atoms with Crippen molar-refractivity contribution in [3.05, 3.63) is 34.4 Å². The summed E-state index contributed by atoms with van der Waals surface area (Å²) < 4.78 is 0. The molecule has 77 valence electrons. The van der Waals surface area contributed by atoms with E-state index < -0.39 is 0 Å². The summed E-state index contributed by atoms with van der Waals surface area (Å²) in [6, 6.07) is 5.81. The molecule has 1 aromatic carbocycles. The maximum atomic E-state index is 3.50. The van der Waals surface area contributed by atoms with Gasteiger partial charge in [0.25, 0.3) is 0 Å². The van der Waals surface area contributed by atoms with Crippen LogP contribution in [0.15, 0.2) is 6.07 Å². The van der Waals surface area contributed by atoms with Crippen molar-refractivity contribution in [3.8, 4) is 0 Å². The fraction of sp³-hybridized carbons (Fsp3) is 0.571. The molecule has 1 radical (unpaired) electrons. The predicted octanol–water partition coefficient (Wildman–Crippen LogP) is 4.01. The van der Waals surface area contributed by atoms with E-state index >= 15 is 0 Å². The first-order valence-corrected chi connectivity index (χ1v) is 5.70. The summed E-state index contributed by atoms with van der Waals surface area (Å²) >= 11 is 0. The van der Waals surface area contributed by atoms with E-state index in [2.05, 4.69) is 39.8 Å². The number of hydrogen-bond acceptors (Lipinski definition) is 0. The molecule has 0 spiro atoms. The van der Waals surface area contributed by atoms with Crippen LogP contribution in [0.1, 0.15) is 48.9 Å². The molecule has 0 aliphatic carbocycles. The first-order valence-electron chi connectivity index (χ1n) is 5.70. The van der Waals surface area contributed by atoms with Crippen LogP contribution in [0.4, 0.5) is 0 Å². The van der Waals surface area contributed by atoms with Gasteiger partial charge in [0.05, 0.1) is 0 Å². The van der Waals surface area contributed by atoms with Gasteiger partial charge in [-0.25, -0.2) is 0 Å². The van der Waals surface area contributed by atoms with E-state index in [1.807, 2.05) is 0 Å². The smallest absolute Gasteiger partial charge is 0.0114 e. The molecule has 1 rings (SSSR count). The van der Waals surface area contributed by atoms with Crippen LogP contribution in [0.5, 0.6) is 0 Å². The van der Waals surface area contributed by atoms with Crippen molar-refractivity contribution in [2.24, 2.45) is 0 Å². The lowest BCUT2D eigenvalue weighted by molar-refractivity contribution is 0.884. The lowest BCUT2D eigenvalue weighted by atomic mass is 9.95. The standard InChI is InChI=1S/C14H21/c1-5-7-13-9-11(3)14(8-6-2)12(4)10-13/h9H,5-8H2,1-4H3. The van der Waals surface area contributed by atoms with E-state index in [0.717, 1.165) is 6.42 Å². The van der Waals surface area contributed by atoms with Gasteiger partial charge in [0.2, 0.25) is 0 Å².